The van der Waals surface area contributed by atoms with Crippen molar-refractivity contribution < 1.29 is 0 Å². The van der Waals surface area contributed by atoms with Gasteiger partial charge in [-0.3, -0.25) is 0 Å². The molecule has 2 aliphatic rings. The standard InChI is InChI=1S/C37H29N5/c1-22-12-16-24(17-13-22)34-26-6-3-8-28(26)36(41-32(34)20-38)30-10-5-11-31(40-30)37-29-9-4-7-27(29)35(33(21-39)42-37)25-18-14-23(2)15-19-25/h5,10-19H,3-4,6-9H2,1-2H3. The van der Waals surface area contributed by atoms with Gasteiger partial charge >= 0.3 is 0 Å². The lowest BCUT2D eigenvalue weighted by molar-refractivity contribution is 0.911. The number of benzene rings is 2. The number of hydrogen-bond acceptors (Lipinski definition) is 5. The Hall–Kier alpha value is -5.13. The van der Waals surface area contributed by atoms with Crippen LogP contribution in [-0.2, 0) is 25.7 Å². The maximum Gasteiger partial charge on any atom is 0.149 e. The van der Waals surface area contributed by atoms with Gasteiger partial charge in [-0.05, 0) is 97.9 Å². The molecule has 202 valence electrons. The van der Waals surface area contributed by atoms with Crippen molar-refractivity contribution >= 4 is 0 Å². The number of aryl methyl sites for hydroxylation is 2. The van der Waals surface area contributed by atoms with E-state index in [0.717, 1.165) is 83.6 Å². The van der Waals surface area contributed by atoms with Crippen LogP contribution in [0.15, 0.2) is 66.7 Å². The molecule has 3 aromatic heterocycles. The Morgan fingerprint density at radius 3 is 1.33 bits per heavy atom. The van der Waals surface area contributed by atoms with Crippen LogP contribution >= 0.6 is 0 Å². The summed E-state index contributed by atoms with van der Waals surface area (Å²) >= 11 is 0. The molecule has 0 bridgehead atoms. The van der Waals surface area contributed by atoms with Gasteiger partial charge in [-0.25, -0.2) is 15.0 Å². The molecule has 0 N–H and O–H groups in total. The number of nitrogens with zero attached hydrogens (tertiary/aromatic N) is 5. The largest absolute Gasteiger partial charge is 0.244 e. The van der Waals surface area contributed by atoms with Crippen LogP contribution in [0.5, 0.6) is 0 Å². The number of pyridine rings is 3. The van der Waals surface area contributed by atoms with E-state index in [4.69, 9.17) is 15.0 Å². The van der Waals surface area contributed by atoms with Crippen molar-refractivity contribution in [1.29, 1.82) is 10.5 Å². The van der Waals surface area contributed by atoms with Crippen LogP contribution in [0.1, 0.15) is 57.6 Å². The Kier molecular flexibility index (Phi) is 6.37. The van der Waals surface area contributed by atoms with Crippen molar-refractivity contribution in [2.24, 2.45) is 0 Å². The van der Waals surface area contributed by atoms with E-state index in [-0.39, 0.29) is 0 Å². The number of nitriles is 2. The molecule has 0 fully saturated rings. The Bertz CT molecular complexity index is 1820. The summed E-state index contributed by atoms with van der Waals surface area (Å²) in [5, 5.41) is 20.4. The molecule has 5 heteroatoms. The van der Waals surface area contributed by atoms with Gasteiger partial charge in [-0.1, -0.05) is 65.7 Å². The second kappa shape index (κ2) is 10.4. The number of aromatic nitrogens is 3. The number of hydrogen-bond donors (Lipinski definition) is 0. The highest BCUT2D eigenvalue weighted by Crippen LogP contribution is 2.41. The summed E-state index contributed by atoms with van der Waals surface area (Å²) in [6, 6.07) is 27.4. The zero-order chi connectivity index (χ0) is 28.8. The lowest BCUT2D eigenvalue weighted by Crippen LogP contribution is -2.04. The molecular weight excluding hydrogens is 514 g/mol. The number of rotatable bonds is 4. The van der Waals surface area contributed by atoms with Crippen molar-refractivity contribution in [3.05, 3.63) is 111 Å². The third-order valence-corrected chi connectivity index (χ3v) is 8.66. The summed E-state index contributed by atoms with van der Waals surface area (Å²) in [5.74, 6) is 0. The van der Waals surface area contributed by atoms with Gasteiger partial charge in [-0.15, -0.1) is 0 Å². The van der Waals surface area contributed by atoms with Gasteiger partial charge in [0.25, 0.3) is 0 Å². The fourth-order valence-corrected chi connectivity index (χ4v) is 6.66. The van der Waals surface area contributed by atoms with Gasteiger partial charge < -0.3 is 0 Å². The van der Waals surface area contributed by atoms with E-state index in [1.54, 1.807) is 0 Å². The molecule has 0 saturated carbocycles. The second-order valence-corrected chi connectivity index (χ2v) is 11.4. The molecule has 0 radical (unpaired) electrons. The van der Waals surface area contributed by atoms with Crippen LogP contribution < -0.4 is 0 Å². The molecule has 7 rings (SSSR count). The topological polar surface area (TPSA) is 86.2 Å². The Balaban J connectivity index is 1.38. The summed E-state index contributed by atoms with van der Waals surface area (Å²) in [6.07, 6.45) is 5.71. The molecule has 0 atom stereocenters. The first kappa shape index (κ1) is 25.8. The van der Waals surface area contributed by atoms with E-state index in [2.05, 4.69) is 74.5 Å². The van der Waals surface area contributed by atoms with Gasteiger partial charge in [-0.2, -0.15) is 10.5 Å². The third kappa shape index (κ3) is 4.26. The minimum atomic E-state index is 0.440. The van der Waals surface area contributed by atoms with Crippen molar-refractivity contribution in [1.82, 2.24) is 15.0 Å². The van der Waals surface area contributed by atoms with Crippen LogP contribution in [0, 0.1) is 36.5 Å². The van der Waals surface area contributed by atoms with Crippen molar-refractivity contribution in [3.63, 3.8) is 0 Å². The third-order valence-electron chi connectivity index (χ3n) is 8.66. The SMILES string of the molecule is Cc1ccc(-c2c(C#N)nc(-c3cccc(-c4nc(C#N)c(-c5ccc(C)cc5)c5c4CCC5)n3)c3c2CCC3)cc1. The van der Waals surface area contributed by atoms with Crippen LogP contribution in [0.2, 0.25) is 0 Å². The van der Waals surface area contributed by atoms with Crippen molar-refractivity contribution in [3.8, 4) is 57.2 Å². The maximum atomic E-state index is 10.2. The quantitative estimate of drug-likeness (QED) is 0.230. The van der Waals surface area contributed by atoms with Crippen molar-refractivity contribution in [2.75, 3.05) is 0 Å². The maximum absolute atomic E-state index is 10.2. The molecule has 0 spiro atoms. The van der Waals surface area contributed by atoms with E-state index in [1.165, 1.54) is 33.4 Å². The number of fused-ring (bicyclic) bond motifs is 2. The smallest absolute Gasteiger partial charge is 0.149 e. The van der Waals surface area contributed by atoms with Crippen molar-refractivity contribution in [2.45, 2.75) is 52.4 Å². The Morgan fingerprint density at radius 1 is 0.524 bits per heavy atom. The molecule has 0 saturated heterocycles. The molecule has 5 nitrogen and oxygen atoms in total. The first-order chi connectivity index (χ1) is 20.6. The Morgan fingerprint density at radius 2 is 0.929 bits per heavy atom. The average molecular weight is 544 g/mol. The fraction of sp³-hybridized carbons (Fsp3) is 0.216. The van der Waals surface area contributed by atoms with Crippen LogP contribution in [0.25, 0.3) is 45.0 Å². The summed E-state index contributed by atoms with van der Waals surface area (Å²) in [5.41, 5.74) is 15.1. The first-order valence-electron chi connectivity index (χ1n) is 14.6. The van der Waals surface area contributed by atoms with Gasteiger partial charge in [0.15, 0.2) is 0 Å². The molecule has 2 aromatic carbocycles. The molecule has 2 aliphatic carbocycles. The van der Waals surface area contributed by atoms with Gasteiger partial charge in [0.2, 0.25) is 0 Å². The predicted molar refractivity (Wildman–Crippen MR) is 165 cm³/mol. The average Bonchev–Trinajstić information content (AvgIpc) is 3.71. The minimum absolute atomic E-state index is 0.440. The van der Waals surface area contributed by atoms with Crippen LogP contribution in [-0.4, -0.2) is 15.0 Å². The fourth-order valence-electron chi connectivity index (χ4n) is 6.66. The summed E-state index contributed by atoms with van der Waals surface area (Å²) < 4.78 is 0. The predicted octanol–water partition coefficient (Wildman–Crippen LogP) is 7.88. The summed E-state index contributed by atoms with van der Waals surface area (Å²) in [7, 11) is 0. The van der Waals surface area contributed by atoms with E-state index >= 15 is 0 Å². The minimum Gasteiger partial charge on any atom is -0.244 e. The zero-order valence-electron chi connectivity index (χ0n) is 23.8. The van der Waals surface area contributed by atoms with Crippen LogP contribution in [0.4, 0.5) is 0 Å². The monoisotopic (exact) mass is 543 g/mol. The second-order valence-electron chi connectivity index (χ2n) is 11.4. The highest BCUT2D eigenvalue weighted by atomic mass is 14.8. The summed E-state index contributed by atoms with van der Waals surface area (Å²) in [4.78, 5) is 15.0. The lowest BCUT2D eigenvalue weighted by Gasteiger charge is -2.17. The lowest BCUT2D eigenvalue weighted by atomic mass is 9.93. The van der Waals surface area contributed by atoms with E-state index in [9.17, 15) is 10.5 Å². The zero-order valence-corrected chi connectivity index (χ0v) is 23.8. The molecule has 5 aromatic rings. The summed E-state index contributed by atoms with van der Waals surface area (Å²) in [6.45, 7) is 4.14. The Labute approximate surface area is 246 Å². The van der Waals surface area contributed by atoms with Gasteiger partial charge in [0.05, 0.1) is 22.8 Å². The van der Waals surface area contributed by atoms with Crippen LogP contribution in [0.3, 0.4) is 0 Å². The normalized spacial score (nSPS) is 13.3. The van der Waals surface area contributed by atoms with Gasteiger partial charge in [0, 0.05) is 11.1 Å². The van der Waals surface area contributed by atoms with E-state index < -0.39 is 0 Å². The molecule has 0 amide bonds. The highest BCUT2D eigenvalue weighted by Gasteiger charge is 2.28. The van der Waals surface area contributed by atoms with E-state index in [1.807, 2.05) is 18.2 Å². The van der Waals surface area contributed by atoms with E-state index in [0.29, 0.717) is 11.4 Å². The molecule has 3 heterocycles. The highest BCUT2D eigenvalue weighted by molar-refractivity contribution is 5.81. The molecule has 42 heavy (non-hydrogen) atoms. The molecule has 0 unspecified atom stereocenters. The molecular formula is C37H29N5. The first-order valence-corrected chi connectivity index (χ1v) is 14.6. The molecule has 0 aliphatic heterocycles. The van der Waals surface area contributed by atoms with Gasteiger partial charge in [0.1, 0.15) is 23.5 Å².